The summed E-state index contributed by atoms with van der Waals surface area (Å²) in [6, 6.07) is 6.99. The van der Waals surface area contributed by atoms with E-state index >= 15 is 0 Å². The fourth-order valence-corrected chi connectivity index (χ4v) is 2.72. The second kappa shape index (κ2) is 8.48. The highest BCUT2D eigenvalue weighted by Crippen LogP contribution is 2.30. The van der Waals surface area contributed by atoms with Crippen LogP contribution in [0.3, 0.4) is 0 Å². The first-order valence-electron chi connectivity index (χ1n) is 7.20. The summed E-state index contributed by atoms with van der Waals surface area (Å²) in [5.74, 6) is -0.470. The molecule has 0 fully saturated rings. The number of carbonyl (C=O) groups is 1. The van der Waals surface area contributed by atoms with Crippen molar-refractivity contribution in [1.29, 1.82) is 0 Å². The van der Waals surface area contributed by atoms with Crippen molar-refractivity contribution in [2.45, 2.75) is 12.8 Å². The van der Waals surface area contributed by atoms with Gasteiger partial charge in [-0.3, -0.25) is 0 Å². The maximum absolute atomic E-state index is 12.2. The quantitative estimate of drug-likeness (QED) is 0.646. The third-order valence-electron chi connectivity index (χ3n) is 3.10. The third-order valence-corrected chi connectivity index (χ3v) is 3.65. The van der Waals surface area contributed by atoms with E-state index in [2.05, 4.69) is 15.4 Å². The molecule has 0 aromatic heterocycles. The highest BCUT2D eigenvalue weighted by molar-refractivity contribution is 6.35. The number of amides is 2. The van der Waals surface area contributed by atoms with Gasteiger partial charge in [0.25, 0.3) is 0 Å². The molecule has 2 amide bonds. The third kappa shape index (κ3) is 5.98. The summed E-state index contributed by atoms with van der Waals surface area (Å²) in [5, 5.41) is 14.5. The van der Waals surface area contributed by atoms with Gasteiger partial charge in [0, 0.05) is 34.1 Å². The minimum atomic E-state index is -4.84. The first-order chi connectivity index (χ1) is 12.2. The minimum absolute atomic E-state index is 0.0843. The van der Waals surface area contributed by atoms with Crippen molar-refractivity contribution < 1.29 is 27.8 Å². The van der Waals surface area contributed by atoms with Crippen LogP contribution in [0.15, 0.2) is 36.4 Å². The van der Waals surface area contributed by atoms with Gasteiger partial charge in [0.2, 0.25) is 0 Å². The van der Waals surface area contributed by atoms with Gasteiger partial charge in [-0.05, 0) is 36.2 Å². The molecule has 2 rings (SSSR count). The molecule has 10 heteroatoms. The van der Waals surface area contributed by atoms with Crippen LogP contribution in [0.25, 0.3) is 0 Å². The molecule has 0 heterocycles. The van der Waals surface area contributed by atoms with E-state index in [1.165, 1.54) is 24.3 Å². The Morgan fingerprint density at radius 1 is 1.15 bits per heavy atom. The molecule has 0 radical (unpaired) electrons. The van der Waals surface area contributed by atoms with Gasteiger partial charge in [0.15, 0.2) is 0 Å². The maximum atomic E-state index is 12.2. The lowest BCUT2D eigenvalue weighted by molar-refractivity contribution is -0.274. The van der Waals surface area contributed by atoms with E-state index in [1.54, 1.807) is 0 Å². The zero-order chi connectivity index (χ0) is 19.3. The number of ether oxygens (including phenoxy) is 1. The summed E-state index contributed by atoms with van der Waals surface area (Å²) in [6.07, 6.45) is -4.65. The van der Waals surface area contributed by atoms with E-state index < -0.39 is 18.1 Å². The number of aliphatic hydroxyl groups is 1. The van der Waals surface area contributed by atoms with Gasteiger partial charge >= 0.3 is 12.4 Å². The van der Waals surface area contributed by atoms with Crippen molar-refractivity contribution in [3.8, 4) is 5.75 Å². The lowest BCUT2D eigenvalue weighted by Crippen LogP contribution is -2.21. The van der Waals surface area contributed by atoms with Gasteiger partial charge in [-0.2, -0.15) is 0 Å². The van der Waals surface area contributed by atoms with Crippen molar-refractivity contribution in [1.82, 2.24) is 0 Å². The number of carbonyl (C=O) groups excluding carboxylic acids is 1. The Bertz CT molecular complexity index is 801. The molecule has 0 aliphatic carbocycles. The molecule has 0 saturated carbocycles. The molecule has 2 aromatic rings. The SMILES string of the molecule is O=C(Nc1cccc(OC(F)(F)F)c1)Nc1cc(Cl)cc(Cl)c1CCO. The maximum Gasteiger partial charge on any atom is 0.573 e. The Morgan fingerprint density at radius 2 is 1.88 bits per heavy atom. The molecule has 140 valence electrons. The van der Waals surface area contributed by atoms with Crippen LogP contribution in [0.2, 0.25) is 10.0 Å². The molecule has 0 bridgehead atoms. The normalized spacial score (nSPS) is 11.2. The Labute approximate surface area is 156 Å². The van der Waals surface area contributed by atoms with Crippen molar-refractivity contribution in [2.75, 3.05) is 17.2 Å². The largest absolute Gasteiger partial charge is 0.573 e. The fourth-order valence-electron chi connectivity index (χ4n) is 2.14. The number of hydrogen-bond acceptors (Lipinski definition) is 3. The van der Waals surface area contributed by atoms with E-state index in [1.807, 2.05) is 0 Å². The molecule has 0 unspecified atom stereocenters. The lowest BCUT2D eigenvalue weighted by Gasteiger charge is -2.14. The monoisotopic (exact) mass is 408 g/mol. The number of urea groups is 1. The van der Waals surface area contributed by atoms with E-state index in [-0.39, 0.29) is 34.4 Å². The van der Waals surface area contributed by atoms with E-state index in [4.69, 9.17) is 28.3 Å². The number of nitrogens with one attached hydrogen (secondary N) is 2. The molecule has 0 atom stereocenters. The molecule has 0 aliphatic rings. The van der Waals surface area contributed by atoms with Gasteiger partial charge in [0.1, 0.15) is 5.75 Å². The van der Waals surface area contributed by atoms with Gasteiger partial charge in [-0.25, -0.2) is 4.79 Å². The van der Waals surface area contributed by atoms with Crippen LogP contribution < -0.4 is 15.4 Å². The van der Waals surface area contributed by atoms with Crippen molar-refractivity contribution in [2.24, 2.45) is 0 Å². The predicted octanol–water partition coefficient (Wildman–Crippen LogP) is 5.07. The van der Waals surface area contributed by atoms with Crippen molar-refractivity contribution in [3.05, 3.63) is 52.0 Å². The Kier molecular flexibility index (Phi) is 6.57. The van der Waals surface area contributed by atoms with Crippen LogP contribution in [-0.4, -0.2) is 24.1 Å². The summed E-state index contributed by atoms with van der Waals surface area (Å²) in [6.45, 7) is -0.200. The van der Waals surface area contributed by atoms with Crippen LogP contribution >= 0.6 is 23.2 Å². The molecular formula is C16H13Cl2F3N2O3. The summed E-state index contributed by atoms with van der Waals surface area (Å²) in [5.41, 5.74) is 0.834. The summed E-state index contributed by atoms with van der Waals surface area (Å²) in [7, 11) is 0. The van der Waals surface area contributed by atoms with Crippen molar-refractivity contribution in [3.63, 3.8) is 0 Å². The van der Waals surface area contributed by atoms with Crippen LogP contribution in [0, 0.1) is 0 Å². The van der Waals surface area contributed by atoms with Gasteiger partial charge in [0.05, 0.1) is 0 Å². The van der Waals surface area contributed by atoms with Crippen molar-refractivity contribution >= 4 is 40.6 Å². The topological polar surface area (TPSA) is 70.6 Å². The summed E-state index contributed by atoms with van der Waals surface area (Å²) >= 11 is 12.0. The zero-order valence-electron chi connectivity index (χ0n) is 13.0. The number of hydrogen-bond donors (Lipinski definition) is 3. The number of halogens is 5. The van der Waals surface area contributed by atoms with Crippen LogP contribution in [0.1, 0.15) is 5.56 Å². The Morgan fingerprint density at radius 3 is 2.54 bits per heavy atom. The fraction of sp³-hybridized carbons (Fsp3) is 0.188. The highest BCUT2D eigenvalue weighted by Gasteiger charge is 2.31. The van der Waals surface area contributed by atoms with Gasteiger partial charge in [-0.1, -0.05) is 29.3 Å². The second-order valence-corrected chi connectivity index (χ2v) is 5.89. The summed E-state index contributed by atoms with van der Waals surface area (Å²) < 4.78 is 40.5. The summed E-state index contributed by atoms with van der Waals surface area (Å²) in [4.78, 5) is 12.1. The number of rotatable bonds is 5. The molecule has 0 spiro atoms. The standard InChI is InChI=1S/C16H13Cl2F3N2O3/c17-9-6-13(18)12(4-5-24)14(7-9)23-15(25)22-10-2-1-3-11(8-10)26-16(19,20)21/h1-3,6-8,24H,4-5H2,(H2,22,23,25). The Hall–Kier alpha value is -2.16. The highest BCUT2D eigenvalue weighted by atomic mass is 35.5. The van der Waals surface area contributed by atoms with Gasteiger partial charge in [-0.15, -0.1) is 13.2 Å². The molecule has 3 N–H and O–H groups in total. The first-order valence-corrected chi connectivity index (χ1v) is 7.96. The molecule has 0 saturated heterocycles. The van der Waals surface area contributed by atoms with Gasteiger partial charge < -0.3 is 20.5 Å². The number of alkyl halides is 3. The second-order valence-electron chi connectivity index (χ2n) is 5.04. The average molecular weight is 409 g/mol. The Balaban J connectivity index is 2.13. The minimum Gasteiger partial charge on any atom is -0.406 e. The molecule has 26 heavy (non-hydrogen) atoms. The first kappa shape index (κ1) is 20.2. The number of anilines is 2. The number of aliphatic hydroxyl groups excluding tert-OH is 1. The van der Waals surface area contributed by atoms with E-state index in [0.717, 1.165) is 12.1 Å². The average Bonchev–Trinajstić information content (AvgIpc) is 2.49. The molecule has 2 aromatic carbocycles. The van der Waals surface area contributed by atoms with Crippen LogP contribution in [0.4, 0.5) is 29.3 Å². The lowest BCUT2D eigenvalue weighted by atomic mass is 10.1. The molecule has 5 nitrogen and oxygen atoms in total. The zero-order valence-corrected chi connectivity index (χ0v) is 14.5. The van der Waals surface area contributed by atoms with Crippen LogP contribution in [0.5, 0.6) is 5.75 Å². The van der Waals surface area contributed by atoms with Crippen LogP contribution in [-0.2, 0) is 6.42 Å². The smallest absolute Gasteiger partial charge is 0.406 e. The number of benzene rings is 2. The predicted molar refractivity (Wildman–Crippen MR) is 93.0 cm³/mol. The van der Waals surface area contributed by atoms with E-state index in [0.29, 0.717) is 5.56 Å². The van der Waals surface area contributed by atoms with E-state index in [9.17, 15) is 18.0 Å². The molecule has 0 aliphatic heterocycles. The molecular weight excluding hydrogens is 396 g/mol.